The van der Waals surface area contributed by atoms with E-state index in [0.717, 1.165) is 29.5 Å². The number of sulfonamides is 1. The minimum absolute atomic E-state index is 0.0769. The molecule has 0 aliphatic rings. The zero-order chi connectivity index (χ0) is 16.2. The largest absolute Gasteiger partial charge is 0.326 e. The lowest BCUT2D eigenvalue weighted by Gasteiger charge is -2.19. The molecule has 4 nitrogen and oxygen atoms in total. The van der Waals surface area contributed by atoms with Crippen LogP contribution in [0, 0.1) is 19.8 Å². The molecule has 0 amide bonds. The summed E-state index contributed by atoms with van der Waals surface area (Å²) in [5, 5.41) is 0. The molecule has 0 fully saturated rings. The lowest BCUT2D eigenvalue weighted by atomic mass is 10.0. The van der Waals surface area contributed by atoms with Crippen molar-refractivity contribution in [1.82, 2.24) is 4.72 Å². The fourth-order valence-electron chi connectivity index (χ4n) is 2.53. The van der Waals surface area contributed by atoms with Gasteiger partial charge in [-0.3, -0.25) is 0 Å². The van der Waals surface area contributed by atoms with Gasteiger partial charge in [-0.05, 0) is 55.9 Å². The third-order valence-electron chi connectivity index (χ3n) is 3.95. The Morgan fingerprint density at radius 3 is 2.33 bits per heavy atom. The van der Waals surface area contributed by atoms with Crippen LogP contribution >= 0.6 is 0 Å². The van der Waals surface area contributed by atoms with Crippen molar-refractivity contribution >= 4 is 10.0 Å². The maximum atomic E-state index is 12.6. The normalized spacial score (nSPS) is 15.0. The Hall–Kier alpha value is -0.910. The Morgan fingerprint density at radius 2 is 1.81 bits per heavy atom. The third-order valence-corrected chi connectivity index (χ3v) is 5.68. The van der Waals surface area contributed by atoms with Crippen LogP contribution in [0.2, 0.25) is 0 Å². The maximum Gasteiger partial charge on any atom is 0.241 e. The van der Waals surface area contributed by atoms with E-state index < -0.39 is 10.0 Å². The van der Waals surface area contributed by atoms with Gasteiger partial charge in [-0.1, -0.05) is 26.3 Å². The highest BCUT2D eigenvalue weighted by Crippen LogP contribution is 2.21. The molecule has 1 aromatic carbocycles. The van der Waals surface area contributed by atoms with Gasteiger partial charge in [-0.2, -0.15) is 0 Å². The monoisotopic (exact) mass is 312 g/mol. The molecule has 0 aliphatic carbocycles. The predicted molar refractivity (Wildman–Crippen MR) is 87.7 cm³/mol. The first kappa shape index (κ1) is 18.1. The van der Waals surface area contributed by atoms with E-state index in [0.29, 0.717) is 17.4 Å². The van der Waals surface area contributed by atoms with Crippen molar-refractivity contribution in [3.63, 3.8) is 0 Å². The summed E-state index contributed by atoms with van der Waals surface area (Å²) in [5.74, 6) is 0.501. The van der Waals surface area contributed by atoms with Gasteiger partial charge in [0.05, 0.1) is 4.90 Å². The first-order chi connectivity index (χ1) is 9.71. The molecule has 0 saturated carbocycles. The molecular weight excluding hydrogens is 284 g/mol. The summed E-state index contributed by atoms with van der Waals surface area (Å²) in [6.07, 6.45) is 1.89. The molecule has 2 atom stereocenters. The Bertz CT molecular complexity index is 582. The molecule has 1 rings (SSSR count). The van der Waals surface area contributed by atoms with E-state index in [1.54, 1.807) is 6.07 Å². The second-order valence-electron chi connectivity index (χ2n) is 6.02. The van der Waals surface area contributed by atoms with Crippen LogP contribution in [0.4, 0.5) is 0 Å². The second-order valence-corrected chi connectivity index (χ2v) is 7.70. The molecule has 5 heteroatoms. The minimum Gasteiger partial charge on any atom is -0.326 e. The highest BCUT2D eigenvalue weighted by Gasteiger charge is 2.21. The van der Waals surface area contributed by atoms with Crippen molar-refractivity contribution < 1.29 is 8.42 Å². The highest BCUT2D eigenvalue weighted by molar-refractivity contribution is 7.89. The van der Waals surface area contributed by atoms with E-state index in [1.807, 2.05) is 26.8 Å². The van der Waals surface area contributed by atoms with Crippen molar-refractivity contribution in [3.8, 4) is 0 Å². The number of nitrogens with two attached hydrogens (primary N) is 1. The van der Waals surface area contributed by atoms with Crippen molar-refractivity contribution in [2.45, 2.75) is 64.9 Å². The number of aryl methyl sites for hydroxylation is 2. The van der Waals surface area contributed by atoms with Gasteiger partial charge >= 0.3 is 0 Å². The lowest BCUT2D eigenvalue weighted by molar-refractivity contribution is 0.445. The van der Waals surface area contributed by atoms with E-state index in [9.17, 15) is 8.42 Å². The van der Waals surface area contributed by atoms with Crippen LogP contribution in [-0.2, 0) is 16.6 Å². The fourth-order valence-corrected chi connectivity index (χ4v) is 4.06. The van der Waals surface area contributed by atoms with Gasteiger partial charge in [-0.25, -0.2) is 13.1 Å². The van der Waals surface area contributed by atoms with E-state index in [1.165, 1.54) is 0 Å². The van der Waals surface area contributed by atoms with E-state index >= 15 is 0 Å². The van der Waals surface area contributed by atoms with Crippen molar-refractivity contribution in [3.05, 3.63) is 28.8 Å². The zero-order valence-electron chi connectivity index (χ0n) is 13.7. The van der Waals surface area contributed by atoms with Gasteiger partial charge in [-0.15, -0.1) is 0 Å². The van der Waals surface area contributed by atoms with Gasteiger partial charge in [0.15, 0.2) is 0 Å². The molecule has 120 valence electrons. The van der Waals surface area contributed by atoms with E-state index in [2.05, 4.69) is 18.6 Å². The van der Waals surface area contributed by atoms with Gasteiger partial charge in [0.2, 0.25) is 10.0 Å². The summed E-state index contributed by atoms with van der Waals surface area (Å²) in [7, 11) is -3.50. The Labute approximate surface area is 129 Å². The van der Waals surface area contributed by atoms with Crippen LogP contribution in [0.15, 0.2) is 17.0 Å². The average Bonchev–Trinajstić information content (AvgIpc) is 2.37. The lowest BCUT2D eigenvalue weighted by Crippen LogP contribution is -2.34. The van der Waals surface area contributed by atoms with Crippen molar-refractivity contribution in [2.75, 3.05) is 0 Å². The topological polar surface area (TPSA) is 72.2 Å². The molecule has 0 aliphatic heterocycles. The predicted octanol–water partition coefficient (Wildman–Crippen LogP) is 2.87. The summed E-state index contributed by atoms with van der Waals surface area (Å²) in [6, 6.07) is 3.51. The molecule has 0 saturated heterocycles. The molecule has 2 unspecified atom stereocenters. The zero-order valence-corrected chi connectivity index (χ0v) is 14.5. The van der Waals surface area contributed by atoms with Gasteiger partial charge < -0.3 is 5.73 Å². The molecule has 0 bridgehead atoms. The van der Waals surface area contributed by atoms with Crippen LogP contribution in [-0.4, -0.2) is 14.5 Å². The molecule has 0 radical (unpaired) electrons. The maximum absolute atomic E-state index is 12.6. The molecule has 0 heterocycles. The van der Waals surface area contributed by atoms with E-state index in [-0.39, 0.29) is 6.04 Å². The summed E-state index contributed by atoms with van der Waals surface area (Å²) in [5.41, 5.74) is 8.34. The average molecular weight is 312 g/mol. The molecule has 21 heavy (non-hydrogen) atoms. The fraction of sp³-hybridized carbons (Fsp3) is 0.625. The summed E-state index contributed by atoms with van der Waals surface area (Å²) in [6.45, 7) is 10.3. The van der Waals surface area contributed by atoms with Crippen molar-refractivity contribution in [2.24, 2.45) is 11.7 Å². The van der Waals surface area contributed by atoms with Crippen LogP contribution in [0.25, 0.3) is 0 Å². The highest BCUT2D eigenvalue weighted by atomic mass is 32.2. The number of benzene rings is 1. The standard InChI is InChI=1S/C16H28N2O2S/c1-6-11(2)7-14(5)18-21(19,20)16-9-15(10-17)12(3)8-13(16)4/h8-9,11,14,18H,6-7,10,17H2,1-5H3. The van der Waals surface area contributed by atoms with Gasteiger partial charge in [0.25, 0.3) is 0 Å². The molecule has 1 aromatic rings. The summed E-state index contributed by atoms with van der Waals surface area (Å²) >= 11 is 0. The third kappa shape index (κ3) is 4.80. The minimum atomic E-state index is -3.50. The first-order valence-corrected chi connectivity index (χ1v) is 9.02. The summed E-state index contributed by atoms with van der Waals surface area (Å²) in [4.78, 5) is 0.338. The Kier molecular flexibility index (Phi) is 6.38. The molecule has 0 spiro atoms. The van der Waals surface area contributed by atoms with Gasteiger partial charge in [0, 0.05) is 12.6 Å². The molecular formula is C16H28N2O2S. The van der Waals surface area contributed by atoms with E-state index in [4.69, 9.17) is 5.73 Å². The van der Waals surface area contributed by atoms with Crippen LogP contribution in [0.1, 0.15) is 50.3 Å². The quantitative estimate of drug-likeness (QED) is 0.813. The Morgan fingerprint density at radius 1 is 1.19 bits per heavy atom. The van der Waals surface area contributed by atoms with Crippen LogP contribution < -0.4 is 10.5 Å². The molecule has 3 N–H and O–H groups in total. The summed E-state index contributed by atoms with van der Waals surface area (Å²) < 4.78 is 27.9. The first-order valence-electron chi connectivity index (χ1n) is 7.53. The van der Waals surface area contributed by atoms with Gasteiger partial charge in [0.1, 0.15) is 0 Å². The number of rotatable bonds is 7. The number of nitrogens with one attached hydrogen (secondary N) is 1. The Balaban J connectivity index is 3.03. The van der Waals surface area contributed by atoms with Crippen molar-refractivity contribution in [1.29, 1.82) is 0 Å². The second kappa shape index (κ2) is 7.38. The molecule has 0 aromatic heterocycles. The van der Waals surface area contributed by atoms with Crippen LogP contribution in [0.5, 0.6) is 0 Å². The number of hydrogen-bond donors (Lipinski definition) is 2. The smallest absolute Gasteiger partial charge is 0.241 e. The SMILES string of the molecule is CCC(C)CC(C)NS(=O)(=O)c1cc(CN)c(C)cc1C. The number of hydrogen-bond acceptors (Lipinski definition) is 3. The van der Waals surface area contributed by atoms with Crippen LogP contribution in [0.3, 0.4) is 0 Å².